The van der Waals surface area contributed by atoms with Crippen molar-refractivity contribution in [2.24, 2.45) is 5.92 Å². The Balaban J connectivity index is 2.12. The van der Waals surface area contributed by atoms with Crippen LogP contribution in [0.3, 0.4) is 0 Å². The SMILES string of the molecule is COc1c(Cl)ncnc1NC1CCN(C)CC1C. The number of anilines is 1. The summed E-state index contributed by atoms with van der Waals surface area (Å²) in [4.78, 5) is 10.5. The summed E-state index contributed by atoms with van der Waals surface area (Å²) in [6.45, 7) is 4.41. The number of hydrogen-bond donors (Lipinski definition) is 1. The summed E-state index contributed by atoms with van der Waals surface area (Å²) >= 11 is 5.98. The minimum absolute atomic E-state index is 0.343. The van der Waals surface area contributed by atoms with E-state index in [1.807, 2.05) is 0 Å². The van der Waals surface area contributed by atoms with Crippen molar-refractivity contribution in [3.8, 4) is 5.75 Å². The Morgan fingerprint density at radius 2 is 2.28 bits per heavy atom. The molecule has 2 heterocycles. The van der Waals surface area contributed by atoms with Gasteiger partial charge in [0.2, 0.25) is 0 Å². The highest BCUT2D eigenvalue weighted by Gasteiger charge is 2.25. The second-order valence-corrected chi connectivity index (χ2v) is 5.18. The topological polar surface area (TPSA) is 50.3 Å². The van der Waals surface area contributed by atoms with Crippen LogP contribution in [0.1, 0.15) is 13.3 Å². The molecule has 2 unspecified atom stereocenters. The number of nitrogens with zero attached hydrogens (tertiary/aromatic N) is 3. The van der Waals surface area contributed by atoms with Crippen LogP contribution < -0.4 is 10.1 Å². The molecule has 1 aromatic rings. The zero-order valence-electron chi connectivity index (χ0n) is 11.0. The fourth-order valence-corrected chi connectivity index (χ4v) is 2.59. The molecule has 1 N–H and O–H groups in total. The summed E-state index contributed by atoms with van der Waals surface area (Å²) in [5, 5.41) is 3.77. The van der Waals surface area contributed by atoms with Crippen LogP contribution in [0.5, 0.6) is 5.75 Å². The predicted molar refractivity (Wildman–Crippen MR) is 72.3 cm³/mol. The van der Waals surface area contributed by atoms with Crippen molar-refractivity contribution in [2.45, 2.75) is 19.4 Å². The van der Waals surface area contributed by atoms with Gasteiger partial charge in [0.1, 0.15) is 6.33 Å². The lowest BCUT2D eigenvalue weighted by atomic mass is 9.94. The highest BCUT2D eigenvalue weighted by molar-refractivity contribution is 6.31. The van der Waals surface area contributed by atoms with Gasteiger partial charge in [0.05, 0.1) is 7.11 Å². The van der Waals surface area contributed by atoms with Crippen LogP contribution in [0.25, 0.3) is 0 Å². The lowest BCUT2D eigenvalue weighted by Gasteiger charge is -2.35. The van der Waals surface area contributed by atoms with Gasteiger partial charge in [-0.05, 0) is 25.9 Å². The molecule has 5 nitrogen and oxygen atoms in total. The van der Waals surface area contributed by atoms with Gasteiger partial charge in [0, 0.05) is 12.6 Å². The second kappa shape index (κ2) is 5.71. The fraction of sp³-hybridized carbons (Fsp3) is 0.667. The number of aromatic nitrogens is 2. The third kappa shape index (κ3) is 2.84. The molecule has 0 saturated carbocycles. The van der Waals surface area contributed by atoms with E-state index in [0.29, 0.717) is 28.7 Å². The number of methoxy groups -OCH3 is 1. The molecule has 6 heteroatoms. The average Bonchev–Trinajstić information content (AvgIpc) is 2.33. The van der Waals surface area contributed by atoms with E-state index in [2.05, 4.69) is 34.2 Å². The first kappa shape index (κ1) is 13.4. The maximum absolute atomic E-state index is 5.98. The van der Waals surface area contributed by atoms with E-state index in [0.717, 1.165) is 19.5 Å². The first-order valence-corrected chi connectivity index (χ1v) is 6.49. The van der Waals surface area contributed by atoms with Crippen LogP contribution in [0, 0.1) is 5.92 Å². The molecule has 1 aromatic heterocycles. The van der Waals surface area contributed by atoms with E-state index in [4.69, 9.17) is 16.3 Å². The van der Waals surface area contributed by atoms with Crippen molar-refractivity contribution in [3.63, 3.8) is 0 Å². The number of piperidine rings is 1. The van der Waals surface area contributed by atoms with Crippen molar-refractivity contribution in [1.82, 2.24) is 14.9 Å². The minimum atomic E-state index is 0.343. The molecule has 1 aliphatic heterocycles. The third-order valence-corrected chi connectivity index (χ3v) is 3.66. The van der Waals surface area contributed by atoms with Crippen LogP contribution in [0.15, 0.2) is 6.33 Å². The van der Waals surface area contributed by atoms with Crippen molar-refractivity contribution >= 4 is 17.4 Å². The minimum Gasteiger partial charge on any atom is -0.490 e. The number of rotatable bonds is 3. The number of halogens is 1. The first-order valence-electron chi connectivity index (χ1n) is 6.11. The Morgan fingerprint density at radius 3 is 2.94 bits per heavy atom. The summed E-state index contributed by atoms with van der Waals surface area (Å²) in [5.74, 6) is 1.76. The summed E-state index contributed by atoms with van der Waals surface area (Å²) in [6.07, 6.45) is 2.54. The summed E-state index contributed by atoms with van der Waals surface area (Å²) in [5.41, 5.74) is 0. The highest BCUT2D eigenvalue weighted by atomic mass is 35.5. The van der Waals surface area contributed by atoms with Crippen LogP contribution in [-0.2, 0) is 0 Å². The summed E-state index contributed by atoms with van der Waals surface area (Å²) in [6, 6.07) is 0.390. The standard InChI is InChI=1S/C12H19ClN4O/c1-8-6-17(2)5-4-9(8)16-12-10(18-3)11(13)14-7-15-12/h7-9H,4-6H2,1-3H3,(H,14,15,16). The van der Waals surface area contributed by atoms with Gasteiger partial charge >= 0.3 is 0 Å². The largest absolute Gasteiger partial charge is 0.490 e. The van der Waals surface area contributed by atoms with Crippen LogP contribution in [-0.4, -0.2) is 48.2 Å². The molecule has 0 amide bonds. The Bertz CT molecular complexity index is 415. The van der Waals surface area contributed by atoms with Gasteiger partial charge in [0.25, 0.3) is 0 Å². The Kier molecular flexibility index (Phi) is 4.24. The van der Waals surface area contributed by atoms with Gasteiger partial charge in [-0.15, -0.1) is 0 Å². The Labute approximate surface area is 113 Å². The van der Waals surface area contributed by atoms with E-state index in [-0.39, 0.29) is 0 Å². The number of nitrogens with one attached hydrogen (secondary N) is 1. The van der Waals surface area contributed by atoms with Gasteiger partial charge in [-0.1, -0.05) is 18.5 Å². The molecule has 1 aliphatic rings. The molecule has 1 saturated heterocycles. The fourth-order valence-electron chi connectivity index (χ4n) is 2.38. The van der Waals surface area contributed by atoms with E-state index in [1.54, 1.807) is 7.11 Å². The molecule has 0 spiro atoms. The summed E-state index contributed by atoms with van der Waals surface area (Å²) < 4.78 is 5.24. The molecule has 18 heavy (non-hydrogen) atoms. The second-order valence-electron chi connectivity index (χ2n) is 4.83. The molecular weight excluding hydrogens is 252 g/mol. The maximum atomic E-state index is 5.98. The van der Waals surface area contributed by atoms with Gasteiger partial charge in [-0.2, -0.15) is 0 Å². The number of likely N-dealkylation sites (tertiary alicyclic amines) is 1. The highest BCUT2D eigenvalue weighted by Crippen LogP contribution is 2.30. The number of ether oxygens (including phenoxy) is 1. The Hall–Kier alpha value is -1.07. The zero-order chi connectivity index (χ0) is 13.1. The summed E-state index contributed by atoms with van der Waals surface area (Å²) in [7, 11) is 3.72. The van der Waals surface area contributed by atoms with Gasteiger partial charge < -0.3 is 15.0 Å². The van der Waals surface area contributed by atoms with Crippen LogP contribution in [0.2, 0.25) is 5.15 Å². The van der Waals surface area contributed by atoms with Gasteiger partial charge in [0.15, 0.2) is 16.7 Å². The van der Waals surface area contributed by atoms with Crippen molar-refractivity contribution < 1.29 is 4.74 Å². The van der Waals surface area contributed by atoms with E-state index >= 15 is 0 Å². The zero-order valence-corrected chi connectivity index (χ0v) is 11.7. The molecule has 2 atom stereocenters. The molecule has 100 valence electrons. The maximum Gasteiger partial charge on any atom is 0.198 e. The van der Waals surface area contributed by atoms with E-state index in [9.17, 15) is 0 Å². The molecule has 0 aliphatic carbocycles. The molecule has 0 aromatic carbocycles. The lowest BCUT2D eigenvalue weighted by Crippen LogP contribution is -2.43. The monoisotopic (exact) mass is 270 g/mol. The predicted octanol–water partition coefficient (Wildman–Crippen LogP) is 1.89. The van der Waals surface area contributed by atoms with Crippen molar-refractivity contribution in [1.29, 1.82) is 0 Å². The van der Waals surface area contributed by atoms with Gasteiger partial charge in [-0.3, -0.25) is 0 Å². The smallest absolute Gasteiger partial charge is 0.198 e. The van der Waals surface area contributed by atoms with E-state index in [1.165, 1.54) is 6.33 Å². The average molecular weight is 271 g/mol. The molecule has 1 fully saturated rings. The Morgan fingerprint density at radius 1 is 1.50 bits per heavy atom. The van der Waals surface area contributed by atoms with Crippen molar-refractivity contribution in [3.05, 3.63) is 11.5 Å². The molecule has 0 bridgehead atoms. The lowest BCUT2D eigenvalue weighted by molar-refractivity contribution is 0.205. The van der Waals surface area contributed by atoms with Crippen LogP contribution in [0.4, 0.5) is 5.82 Å². The third-order valence-electron chi connectivity index (χ3n) is 3.39. The normalized spacial score (nSPS) is 24.9. The van der Waals surface area contributed by atoms with Gasteiger partial charge in [-0.25, -0.2) is 9.97 Å². The first-order chi connectivity index (χ1) is 8.61. The van der Waals surface area contributed by atoms with E-state index < -0.39 is 0 Å². The molecular formula is C12H19ClN4O. The number of hydrogen-bond acceptors (Lipinski definition) is 5. The van der Waals surface area contributed by atoms with Crippen molar-refractivity contribution in [2.75, 3.05) is 32.6 Å². The molecule has 0 radical (unpaired) electrons. The van der Waals surface area contributed by atoms with Crippen LogP contribution >= 0.6 is 11.6 Å². The quantitative estimate of drug-likeness (QED) is 0.850. The molecule has 2 rings (SSSR count).